The zero-order chi connectivity index (χ0) is 21.5. The summed E-state index contributed by atoms with van der Waals surface area (Å²) in [5, 5.41) is 14.1. The number of carbonyl (C=O) groups excluding carboxylic acids is 1. The van der Waals surface area contributed by atoms with Crippen molar-refractivity contribution < 1.29 is 23.1 Å². The molecule has 0 saturated carbocycles. The van der Waals surface area contributed by atoms with Gasteiger partial charge in [-0.3, -0.25) is 4.79 Å². The highest BCUT2D eigenvalue weighted by Crippen LogP contribution is 2.32. The number of hydrogen-bond acceptors (Lipinski definition) is 3. The maximum absolute atomic E-state index is 14.7. The van der Waals surface area contributed by atoms with E-state index < -0.39 is 34.5 Å². The van der Waals surface area contributed by atoms with Crippen LogP contribution in [0, 0.1) is 21.0 Å². The number of likely N-dealkylation sites (tertiary alicyclic amines) is 1. The molecule has 0 radical (unpaired) electrons. The van der Waals surface area contributed by atoms with Crippen molar-refractivity contribution >= 4 is 28.5 Å². The third-order valence-electron chi connectivity index (χ3n) is 5.97. The molecule has 160 valence electrons. The smallest absolute Gasteiger partial charge is 0.257 e. The van der Waals surface area contributed by atoms with Crippen molar-refractivity contribution in [3.8, 4) is 0 Å². The van der Waals surface area contributed by atoms with E-state index in [-0.39, 0.29) is 31.1 Å². The zero-order valence-electron chi connectivity index (χ0n) is 16.2. The lowest BCUT2D eigenvalue weighted by Gasteiger charge is -2.51. The Morgan fingerprint density at radius 2 is 1.87 bits per heavy atom. The summed E-state index contributed by atoms with van der Waals surface area (Å²) in [7, 11) is 0. The molecule has 0 spiro atoms. The van der Waals surface area contributed by atoms with Crippen LogP contribution in [0.2, 0.25) is 0 Å². The second-order valence-electron chi connectivity index (χ2n) is 8.08. The third-order valence-corrected chi connectivity index (χ3v) is 6.64. The molecule has 2 fully saturated rings. The molecule has 0 aromatic heterocycles. The number of piperidine rings is 1. The predicted octanol–water partition coefficient (Wildman–Crippen LogP) is 3.63. The Labute approximate surface area is 186 Å². The normalized spacial score (nSPS) is 20.7. The summed E-state index contributed by atoms with van der Waals surface area (Å²) in [6, 6.07) is 6.79. The minimum absolute atomic E-state index is 0.0384. The van der Waals surface area contributed by atoms with Crippen molar-refractivity contribution in [2.45, 2.75) is 37.3 Å². The van der Waals surface area contributed by atoms with E-state index in [1.165, 1.54) is 17.0 Å². The minimum Gasteiger partial charge on any atom is -0.385 e. The molecule has 0 bridgehead atoms. The molecule has 4 rings (SSSR count). The van der Waals surface area contributed by atoms with E-state index in [2.05, 4.69) is 5.32 Å². The molecule has 1 atom stereocenters. The van der Waals surface area contributed by atoms with Gasteiger partial charge < -0.3 is 15.3 Å². The molecule has 0 unspecified atom stereocenters. The highest BCUT2D eigenvalue weighted by Gasteiger charge is 2.50. The van der Waals surface area contributed by atoms with Crippen LogP contribution < -0.4 is 5.32 Å². The summed E-state index contributed by atoms with van der Waals surface area (Å²) < 4.78 is 43.6. The Morgan fingerprint density at radius 3 is 2.53 bits per heavy atom. The molecule has 2 saturated heterocycles. The van der Waals surface area contributed by atoms with Crippen LogP contribution >= 0.6 is 22.6 Å². The summed E-state index contributed by atoms with van der Waals surface area (Å²) >= 11 is 1.98. The first-order valence-electron chi connectivity index (χ1n) is 9.94. The lowest BCUT2D eigenvalue weighted by Crippen LogP contribution is -2.72. The van der Waals surface area contributed by atoms with E-state index in [0.29, 0.717) is 9.13 Å². The Kier molecular flexibility index (Phi) is 6.09. The first kappa shape index (κ1) is 21.6. The van der Waals surface area contributed by atoms with Gasteiger partial charge in [-0.2, -0.15) is 0 Å². The molecule has 2 heterocycles. The van der Waals surface area contributed by atoms with Crippen LogP contribution in [0.4, 0.5) is 13.2 Å². The van der Waals surface area contributed by atoms with Gasteiger partial charge in [-0.1, -0.05) is 18.6 Å². The number of nitrogens with one attached hydrogen (secondary N) is 1. The number of hydrogen-bond donors (Lipinski definition) is 2. The first-order chi connectivity index (χ1) is 14.3. The standard InChI is InChI=1S/C22H22F3IN2O2/c23-16-7-5-14(9-13-4-6-15(26)10-17(13)24)19(20(16)25)21(29)28-11-22(30,12-28)18-3-1-2-8-27-18/h4-7,10,18,27,30H,1-3,8-9,11-12H2/t18-/m0/s1. The predicted molar refractivity (Wildman–Crippen MR) is 115 cm³/mol. The Hall–Kier alpha value is -1.65. The summed E-state index contributed by atoms with van der Waals surface area (Å²) in [5.41, 5.74) is -0.957. The maximum atomic E-state index is 14.7. The number of benzene rings is 2. The molecule has 8 heteroatoms. The van der Waals surface area contributed by atoms with Crippen LogP contribution in [0.15, 0.2) is 30.3 Å². The lowest BCUT2D eigenvalue weighted by atomic mass is 9.81. The van der Waals surface area contributed by atoms with Crippen molar-refractivity contribution in [1.82, 2.24) is 10.2 Å². The monoisotopic (exact) mass is 530 g/mol. The average molecular weight is 530 g/mol. The molecule has 1 amide bonds. The van der Waals surface area contributed by atoms with E-state index in [1.54, 1.807) is 12.1 Å². The van der Waals surface area contributed by atoms with Crippen molar-refractivity contribution in [1.29, 1.82) is 0 Å². The van der Waals surface area contributed by atoms with Crippen LogP contribution in [0.1, 0.15) is 40.7 Å². The molecule has 0 aliphatic carbocycles. The number of nitrogens with zero attached hydrogens (tertiary/aromatic N) is 1. The van der Waals surface area contributed by atoms with E-state index in [0.717, 1.165) is 31.9 Å². The van der Waals surface area contributed by atoms with E-state index in [9.17, 15) is 23.1 Å². The van der Waals surface area contributed by atoms with Crippen molar-refractivity contribution in [2.75, 3.05) is 19.6 Å². The van der Waals surface area contributed by atoms with Gasteiger partial charge in [-0.05, 0) is 71.3 Å². The quantitative estimate of drug-likeness (QED) is 0.595. The van der Waals surface area contributed by atoms with Gasteiger partial charge in [-0.15, -0.1) is 0 Å². The molecule has 2 aromatic carbocycles. The molecule has 4 nitrogen and oxygen atoms in total. The van der Waals surface area contributed by atoms with Gasteiger partial charge in [0.05, 0.1) is 18.7 Å². The van der Waals surface area contributed by atoms with Crippen LogP contribution in [0.25, 0.3) is 0 Å². The Morgan fingerprint density at radius 1 is 1.13 bits per heavy atom. The first-order valence-corrected chi connectivity index (χ1v) is 11.0. The van der Waals surface area contributed by atoms with E-state index in [1.807, 2.05) is 22.6 Å². The molecule has 2 aliphatic rings. The SMILES string of the molecule is O=C(c1c(Cc2ccc(I)cc2F)ccc(F)c1F)N1CC(O)([C@@H]2CCCCN2)C1. The zero-order valence-corrected chi connectivity index (χ0v) is 18.4. The van der Waals surface area contributed by atoms with Crippen LogP contribution in [-0.4, -0.2) is 47.2 Å². The van der Waals surface area contributed by atoms with E-state index >= 15 is 0 Å². The number of β-amino-alcohol motifs (C(OH)–C–C–N with tert-alkyl or cyclic N) is 1. The average Bonchev–Trinajstić information content (AvgIpc) is 2.70. The molecule has 2 aliphatic heterocycles. The number of carbonyl (C=O) groups is 1. The van der Waals surface area contributed by atoms with Gasteiger partial charge in [0.15, 0.2) is 11.6 Å². The Bertz CT molecular complexity index is 973. The highest BCUT2D eigenvalue weighted by molar-refractivity contribution is 14.1. The number of halogens is 4. The number of amides is 1. The molecule has 30 heavy (non-hydrogen) atoms. The van der Waals surface area contributed by atoms with E-state index in [4.69, 9.17) is 0 Å². The van der Waals surface area contributed by atoms with Gasteiger partial charge in [0.2, 0.25) is 0 Å². The molecule has 2 aromatic rings. The summed E-state index contributed by atoms with van der Waals surface area (Å²) in [6.07, 6.45) is 2.81. The molecule has 2 N–H and O–H groups in total. The minimum atomic E-state index is -1.24. The van der Waals surface area contributed by atoms with Crippen molar-refractivity contribution in [3.05, 3.63) is 68.0 Å². The van der Waals surface area contributed by atoms with Crippen molar-refractivity contribution in [2.24, 2.45) is 0 Å². The van der Waals surface area contributed by atoms with Gasteiger partial charge in [0.25, 0.3) is 5.91 Å². The lowest BCUT2D eigenvalue weighted by molar-refractivity contribution is -0.108. The maximum Gasteiger partial charge on any atom is 0.257 e. The third kappa shape index (κ3) is 4.09. The largest absolute Gasteiger partial charge is 0.385 e. The molecular weight excluding hydrogens is 508 g/mol. The topological polar surface area (TPSA) is 52.6 Å². The van der Waals surface area contributed by atoms with Gasteiger partial charge in [-0.25, -0.2) is 13.2 Å². The Balaban J connectivity index is 1.57. The van der Waals surface area contributed by atoms with Crippen LogP contribution in [0.3, 0.4) is 0 Å². The second kappa shape index (κ2) is 8.47. The highest BCUT2D eigenvalue weighted by atomic mass is 127. The fourth-order valence-electron chi connectivity index (χ4n) is 4.29. The fraction of sp³-hybridized carbons (Fsp3) is 0.409. The summed E-state index contributed by atoms with van der Waals surface area (Å²) in [6.45, 7) is 0.915. The van der Waals surface area contributed by atoms with Crippen LogP contribution in [-0.2, 0) is 6.42 Å². The molecular formula is C22H22F3IN2O2. The van der Waals surface area contributed by atoms with Gasteiger partial charge in [0.1, 0.15) is 11.4 Å². The number of aliphatic hydroxyl groups is 1. The van der Waals surface area contributed by atoms with Gasteiger partial charge >= 0.3 is 0 Å². The summed E-state index contributed by atoms with van der Waals surface area (Å²) in [5.74, 6) is -3.52. The van der Waals surface area contributed by atoms with Gasteiger partial charge in [0, 0.05) is 16.0 Å². The summed E-state index contributed by atoms with van der Waals surface area (Å²) in [4.78, 5) is 14.3. The van der Waals surface area contributed by atoms with Crippen LogP contribution in [0.5, 0.6) is 0 Å². The number of rotatable bonds is 4. The van der Waals surface area contributed by atoms with Crippen molar-refractivity contribution in [3.63, 3.8) is 0 Å². The fourth-order valence-corrected chi connectivity index (χ4v) is 4.74. The second-order valence-corrected chi connectivity index (χ2v) is 9.32.